The van der Waals surface area contributed by atoms with Crippen LogP contribution < -0.4 is 10.6 Å². The van der Waals surface area contributed by atoms with Gasteiger partial charge < -0.3 is 15.4 Å². The van der Waals surface area contributed by atoms with Gasteiger partial charge in [-0.15, -0.1) is 5.10 Å². The number of imide groups is 1. The fraction of sp³-hybridized carbons (Fsp3) is 0.722. The number of carbonyl (C=O) groups excluding carboxylic acids is 3. The van der Waals surface area contributed by atoms with Gasteiger partial charge >= 0.3 is 6.03 Å². The van der Waals surface area contributed by atoms with E-state index in [4.69, 9.17) is 4.74 Å². The number of nitrogens with one attached hydrogen (secondary N) is 2. The molecule has 2 heterocycles. The Hall–Kier alpha value is -2.49. The zero-order chi connectivity index (χ0) is 20.1. The standard InChI is InChI=1S/C18H28N6O4/c1-12-3-5-13(6-4-12)19-16(25)11-24-17(26)15(20-18(24)27)9-14-10-23(22-21-14)7-8-28-2/h10,12-13,15H,3-9,11H2,1-2H3,(H,19,25)(H,20,27). The average molecular weight is 392 g/mol. The van der Waals surface area contributed by atoms with Crippen LogP contribution in [0.1, 0.15) is 38.3 Å². The number of methoxy groups -OCH3 is 1. The fourth-order valence-electron chi connectivity index (χ4n) is 3.62. The summed E-state index contributed by atoms with van der Waals surface area (Å²) in [5.74, 6) is -0.0228. The lowest BCUT2D eigenvalue weighted by atomic mass is 9.87. The van der Waals surface area contributed by atoms with Crippen LogP contribution in [0.3, 0.4) is 0 Å². The molecule has 0 bridgehead atoms. The third kappa shape index (κ3) is 5.06. The monoisotopic (exact) mass is 392 g/mol. The molecule has 1 saturated heterocycles. The number of aromatic nitrogens is 3. The van der Waals surface area contributed by atoms with Gasteiger partial charge in [-0.3, -0.25) is 14.5 Å². The lowest BCUT2D eigenvalue weighted by Gasteiger charge is -2.27. The second-order valence-electron chi connectivity index (χ2n) is 7.62. The molecule has 1 aliphatic carbocycles. The van der Waals surface area contributed by atoms with E-state index in [-0.39, 0.29) is 24.9 Å². The number of amides is 4. The van der Waals surface area contributed by atoms with Gasteiger partial charge in [0.1, 0.15) is 12.6 Å². The molecule has 0 aromatic carbocycles. The largest absolute Gasteiger partial charge is 0.383 e. The first-order valence-electron chi connectivity index (χ1n) is 9.75. The van der Waals surface area contributed by atoms with Gasteiger partial charge in [-0.05, 0) is 31.6 Å². The number of carbonyl (C=O) groups is 3. The van der Waals surface area contributed by atoms with Crippen LogP contribution in [0.2, 0.25) is 0 Å². The third-order valence-corrected chi connectivity index (χ3v) is 5.31. The molecule has 1 atom stereocenters. The van der Waals surface area contributed by atoms with Crippen LogP contribution in [0.4, 0.5) is 4.79 Å². The summed E-state index contributed by atoms with van der Waals surface area (Å²) in [5, 5.41) is 13.5. The van der Waals surface area contributed by atoms with Crippen LogP contribution >= 0.6 is 0 Å². The molecule has 2 aliphatic rings. The average Bonchev–Trinajstić information content (AvgIpc) is 3.22. The molecule has 28 heavy (non-hydrogen) atoms. The van der Waals surface area contributed by atoms with E-state index in [0.29, 0.717) is 24.8 Å². The second-order valence-corrected chi connectivity index (χ2v) is 7.62. The molecular weight excluding hydrogens is 364 g/mol. The molecule has 2 fully saturated rings. The Kier molecular flexibility index (Phi) is 6.61. The molecule has 1 unspecified atom stereocenters. The Labute approximate surface area is 164 Å². The highest BCUT2D eigenvalue weighted by atomic mass is 16.5. The summed E-state index contributed by atoms with van der Waals surface area (Å²) in [6.07, 6.45) is 6.00. The van der Waals surface area contributed by atoms with E-state index in [0.717, 1.165) is 30.6 Å². The summed E-state index contributed by atoms with van der Waals surface area (Å²) in [7, 11) is 1.60. The highest BCUT2D eigenvalue weighted by Crippen LogP contribution is 2.23. The molecule has 1 saturated carbocycles. The highest BCUT2D eigenvalue weighted by Gasteiger charge is 2.39. The first kappa shape index (κ1) is 20.2. The van der Waals surface area contributed by atoms with Gasteiger partial charge in [0.2, 0.25) is 5.91 Å². The molecule has 3 rings (SSSR count). The molecule has 4 amide bonds. The summed E-state index contributed by atoms with van der Waals surface area (Å²) in [4.78, 5) is 38.0. The molecule has 1 aromatic heterocycles. The van der Waals surface area contributed by atoms with Gasteiger partial charge in [0.15, 0.2) is 0 Å². The minimum Gasteiger partial charge on any atom is -0.383 e. The van der Waals surface area contributed by atoms with Crippen molar-refractivity contribution in [3.05, 3.63) is 11.9 Å². The highest BCUT2D eigenvalue weighted by molar-refractivity contribution is 6.06. The molecule has 0 radical (unpaired) electrons. The van der Waals surface area contributed by atoms with E-state index in [1.165, 1.54) is 0 Å². The fourth-order valence-corrected chi connectivity index (χ4v) is 3.62. The van der Waals surface area contributed by atoms with Gasteiger partial charge in [-0.25, -0.2) is 9.48 Å². The lowest BCUT2D eigenvalue weighted by molar-refractivity contribution is -0.132. The van der Waals surface area contributed by atoms with E-state index in [9.17, 15) is 14.4 Å². The van der Waals surface area contributed by atoms with Crippen LogP contribution in [0.25, 0.3) is 0 Å². The van der Waals surface area contributed by atoms with Gasteiger partial charge in [-0.2, -0.15) is 0 Å². The van der Waals surface area contributed by atoms with Crippen molar-refractivity contribution in [2.24, 2.45) is 5.92 Å². The molecule has 10 heteroatoms. The minimum atomic E-state index is -0.733. The summed E-state index contributed by atoms with van der Waals surface area (Å²) in [5.41, 5.74) is 0.595. The van der Waals surface area contributed by atoms with E-state index in [1.54, 1.807) is 18.0 Å². The van der Waals surface area contributed by atoms with Crippen LogP contribution in [0, 0.1) is 5.92 Å². The first-order valence-corrected chi connectivity index (χ1v) is 9.75. The van der Waals surface area contributed by atoms with Gasteiger partial charge in [0.25, 0.3) is 5.91 Å². The molecular formula is C18H28N6O4. The lowest BCUT2D eigenvalue weighted by Crippen LogP contribution is -2.45. The van der Waals surface area contributed by atoms with E-state index < -0.39 is 18.0 Å². The Bertz CT molecular complexity index is 713. The smallest absolute Gasteiger partial charge is 0.325 e. The van der Waals surface area contributed by atoms with E-state index in [1.807, 2.05) is 0 Å². The van der Waals surface area contributed by atoms with E-state index in [2.05, 4.69) is 27.9 Å². The zero-order valence-corrected chi connectivity index (χ0v) is 16.4. The first-order chi connectivity index (χ1) is 13.5. The number of nitrogens with zero attached hydrogens (tertiary/aromatic N) is 4. The van der Waals surface area contributed by atoms with Crippen LogP contribution in [-0.4, -0.2) is 70.1 Å². The van der Waals surface area contributed by atoms with Crippen molar-refractivity contribution in [1.29, 1.82) is 0 Å². The Morgan fingerprint density at radius 1 is 1.32 bits per heavy atom. The molecule has 1 aromatic rings. The van der Waals surface area contributed by atoms with Crippen molar-refractivity contribution >= 4 is 17.8 Å². The number of rotatable bonds is 8. The van der Waals surface area contributed by atoms with Gasteiger partial charge in [0.05, 0.1) is 18.8 Å². The number of ether oxygens (including phenoxy) is 1. The Morgan fingerprint density at radius 3 is 2.79 bits per heavy atom. The van der Waals surface area contributed by atoms with Crippen molar-refractivity contribution in [3.63, 3.8) is 0 Å². The van der Waals surface area contributed by atoms with Crippen molar-refractivity contribution in [3.8, 4) is 0 Å². The van der Waals surface area contributed by atoms with E-state index >= 15 is 0 Å². The summed E-state index contributed by atoms with van der Waals surface area (Å²) in [6.45, 7) is 3.01. The number of hydrogen-bond donors (Lipinski definition) is 2. The Balaban J connectivity index is 1.50. The predicted octanol–water partition coefficient (Wildman–Crippen LogP) is 0.0823. The van der Waals surface area contributed by atoms with Crippen molar-refractivity contribution in [2.45, 2.75) is 57.7 Å². The minimum absolute atomic E-state index is 0.127. The maximum Gasteiger partial charge on any atom is 0.325 e. The van der Waals surface area contributed by atoms with Gasteiger partial charge in [-0.1, -0.05) is 12.1 Å². The predicted molar refractivity (Wildman–Crippen MR) is 99.2 cm³/mol. The van der Waals surface area contributed by atoms with Crippen molar-refractivity contribution in [2.75, 3.05) is 20.3 Å². The summed E-state index contributed by atoms with van der Waals surface area (Å²) >= 11 is 0. The number of urea groups is 1. The molecule has 1 aliphatic heterocycles. The molecule has 154 valence electrons. The zero-order valence-electron chi connectivity index (χ0n) is 16.4. The molecule has 10 nitrogen and oxygen atoms in total. The number of hydrogen-bond acceptors (Lipinski definition) is 6. The maximum absolute atomic E-state index is 12.6. The quantitative estimate of drug-likeness (QED) is 0.605. The summed E-state index contributed by atoms with van der Waals surface area (Å²) < 4.78 is 6.61. The van der Waals surface area contributed by atoms with Crippen LogP contribution in [-0.2, 0) is 27.3 Å². The van der Waals surface area contributed by atoms with Crippen molar-refractivity contribution < 1.29 is 19.1 Å². The summed E-state index contributed by atoms with van der Waals surface area (Å²) in [6, 6.07) is -1.15. The van der Waals surface area contributed by atoms with Gasteiger partial charge in [0, 0.05) is 25.8 Å². The third-order valence-electron chi connectivity index (χ3n) is 5.31. The normalized spacial score (nSPS) is 25.1. The maximum atomic E-state index is 12.6. The van der Waals surface area contributed by atoms with Crippen LogP contribution in [0.5, 0.6) is 0 Å². The second kappa shape index (κ2) is 9.13. The van der Waals surface area contributed by atoms with Crippen LogP contribution in [0.15, 0.2) is 6.20 Å². The topological polar surface area (TPSA) is 118 Å². The SMILES string of the molecule is COCCn1cc(CC2NC(=O)N(CC(=O)NC3CCC(C)CC3)C2=O)nn1. The van der Waals surface area contributed by atoms with Crippen molar-refractivity contribution in [1.82, 2.24) is 30.5 Å². The Morgan fingerprint density at radius 2 is 2.07 bits per heavy atom. The molecule has 2 N–H and O–H groups in total. The molecule has 0 spiro atoms.